The summed E-state index contributed by atoms with van der Waals surface area (Å²) in [5.74, 6) is 0.696. The summed E-state index contributed by atoms with van der Waals surface area (Å²) in [6, 6.07) is 0. The van der Waals surface area contributed by atoms with Gasteiger partial charge in [-0.25, -0.2) is 4.98 Å². The largest absolute Gasteiger partial charge is 0.348 e. The fourth-order valence-electron chi connectivity index (χ4n) is 2.33. The van der Waals surface area contributed by atoms with Crippen molar-refractivity contribution in [3.8, 4) is 0 Å². The number of likely N-dealkylation sites (N-methyl/N-ethyl adjacent to an activating group) is 1. The van der Waals surface area contributed by atoms with E-state index >= 15 is 0 Å². The van der Waals surface area contributed by atoms with E-state index in [1.54, 1.807) is 16.2 Å². The highest BCUT2D eigenvalue weighted by molar-refractivity contribution is 7.09. The molecule has 1 saturated heterocycles. The van der Waals surface area contributed by atoms with Gasteiger partial charge in [-0.15, -0.1) is 11.3 Å². The third kappa shape index (κ3) is 4.76. The molecular weight excluding hydrogens is 284 g/mol. The van der Waals surface area contributed by atoms with Crippen molar-refractivity contribution >= 4 is 17.2 Å². The Kier molecular flexibility index (Phi) is 5.72. The molecule has 1 fully saturated rings. The van der Waals surface area contributed by atoms with Gasteiger partial charge in [0.15, 0.2) is 0 Å². The number of aromatic nitrogens is 1. The molecule has 1 amide bonds. The van der Waals surface area contributed by atoms with Crippen LogP contribution in [0.15, 0.2) is 5.38 Å². The zero-order valence-corrected chi connectivity index (χ0v) is 14.3. The van der Waals surface area contributed by atoms with Crippen molar-refractivity contribution in [2.75, 3.05) is 46.8 Å². The highest BCUT2D eigenvalue weighted by atomic mass is 32.1. The van der Waals surface area contributed by atoms with Crippen molar-refractivity contribution in [1.29, 1.82) is 0 Å². The molecule has 0 unspecified atom stereocenters. The molecular formula is C15H26N4OS. The number of thiazole rings is 1. The van der Waals surface area contributed by atoms with Crippen LogP contribution in [0.3, 0.4) is 0 Å². The smallest absolute Gasteiger partial charge is 0.236 e. The first kappa shape index (κ1) is 16.4. The van der Waals surface area contributed by atoms with Crippen LogP contribution in [0.25, 0.3) is 0 Å². The molecule has 0 bridgehead atoms. The fraction of sp³-hybridized carbons (Fsp3) is 0.733. The summed E-state index contributed by atoms with van der Waals surface area (Å²) >= 11 is 1.76. The molecule has 0 radical (unpaired) electrons. The van der Waals surface area contributed by atoms with Crippen molar-refractivity contribution in [2.45, 2.75) is 26.3 Å². The summed E-state index contributed by atoms with van der Waals surface area (Å²) in [5, 5.41) is 3.40. The lowest BCUT2D eigenvalue weighted by Gasteiger charge is -2.34. The minimum atomic E-state index is 0.185. The van der Waals surface area contributed by atoms with Crippen molar-refractivity contribution in [3.63, 3.8) is 0 Å². The Hall–Kier alpha value is -0.980. The predicted octanol–water partition coefficient (Wildman–Crippen LogP) is 1.47. The highest BCUT2D eigenvalue weighted by Gasteiger charge is 2.20. The van der Waals surface area contributed by atoms with E-state index in [1.807, 2.05) is 14.1 Å². The molecule has 1 aromatic rings. The number of hydrogen-bond donors (Lipinski definition) is 0. The molecule has 21 heavy (non-hydrogen) atoms. The number of amides is 1. The maximum absolute atomic E-state index is 11.7. The Balaban J connectivity index is 1.77. The summed E-state index contributed by atoms with van der Waals surface area (Å²) < 4.78 is 0. The first-order chi connectivity index (χ1) is 9.95. The molecule has 5 nitrogen and oxygen atoms in total. The summed E-state index contributed by atoms with van der Waals surface area (Å²) in [6.45, 7) is 9.77. The van der Waals surface area contributed by atoms with E-state index in [-0.39, 0.29) is 5.91 Å². The average molecular weight is 310 g/mol. The topological polar surface area (TPSA) is 39.7 Å². The van der Waals surface area contributed by atoms with Crippen LogP contribution in [0, 0.1) is 0 Å². The van der Waals surface area contributed by atoms with Gasteiger partial charge in [-0.2, -0.15) is 0 Å². The maximum atomic E-state index is 11.7. The van der Waals surface area contributed by atoms with Crippen molar-refractivity contribution in [3.05, 3.63) is 16.1 Å². The van der Waals surface area contributed by atoms with E-state index in [2.05, 4.69) is 29.0 Å². The molecule has 2 rings (SSSR count). The van der Waals surface area contributed by atoms with Gasteiger partial charge in [0, 0.05) is 58.1 Å². The van der Waals surface area contributed by atoms with E-state index in [9.17, 15) is 4.79 Å². The molecule has 1 aliphatic rings. The molecule has 118 valence electrons. The maximum Gasteiger partial charge on any atom is 0.236 e. The van der Waals surface area contributed by atoms with E-state index < -0.39 is 0 Å². The van der Waals surface area contributed by atoms with Crippen LogP contribution in [0.4, 0.5) is 0 Å². The third-order valence-corrected chi connectivity index (χ3v) is 4.97. The molecule has 0 spiro atoms. The SMILES string of the molecule is CC(C)c1nc(CN2CCN(CC(=O)N(C)C)CC2)cs1. The Morgan fingerprint density at radius 2 is 1.90 bits per heavy atom. The molecule has 0 aliphatic carbocycles. The number of carbonyl (C=O) groups excluding carboxylic acids is 1. The monoisotopic (exact) mass is 310 g/mol. The van der Waals surface area contributed by atoms with E-state index in [4.69, 9.17) is 4.98 Å². The Labute approximate surface area is 131 Å². The first-order valence-electron chi connectivity index (χ1n) is 7.55. The van der Waals surface area contributed by atoms with Crippen molar-refractivity contribution < 1.29 is 4.79 Å². The Morgan fingerprint density at radius 3 is 2.43 bits per heavy atom. The Morgan fingerprint density at radius 1 is 1.29 bits per heavy atom. The lowest BCUT2D eigenvalue weighted by atomic mass is 10.2. The van der Waals surface area contributed by atoms with Gasteiger partial charge in [0.25, 0.3) is 0 Å². The van der Waals surface area contributed by atoms with E-state index in [0.717, 1.165) is 32.7 Å². The second-order valence-corrected chi connectivity index (χ2v) is 7.06. The van der Waals surface area contributed by atoms with Crippen LogP contribution in [0.2, 0.25) is 0 Å². The van der Waals surface area contributed by atoms with Crippen LogP contribution in [0.1, 0.15) is 30.5 Å². The van der Waals surface area contributed by atoms with Crippen molar-refractivity contribution in [1.82, 2.24) is 19.7 Å². The summed E-state index contributed by atoms with van der Waals surface area (Å²) in [6.07, 6.45) is 0. The predicted molar refractivity (Wildman–Crippen MR) is 86.6 cm³/mol. The quantitative estimate of drug-likeness (QED) is 0.826. The van der Waals surface area contributed by atoms with Gasteiger partial charge in [0.05, 0.1) is 17.2 Å². The lowest BCUT2D eigenvalue weighted by molar-refractivity contribution is -0.130. The summed E-state index contributed by atoms with van der Waals surface area (Å²) in [5.41, 5.74) is 1.18. The van der Waals surface area contributed by atoms with Gasteiger partial charge < -0.3 is 4.90 Å². The summed E-state index contributed by atoms with van der Waals surface area (Å²) in [7, 11) is 3.63. The zero-order valence-electron chi connectivity index (χ0n) is 13.5. The zero-order chi connectivity index (χ0) is 15.4. The fourth-order valence-corrected chi connectivity index (χ4v) is 3.15. The minimum absolute atomic E-state index is 0.185. The molecule has 0 atom stereocenters. The molecule has 2 heterocycles. The van der Waals surface area contributed by atoms with Crippen LogP contribution in [-0.2, 0) is 11.3 Å². The molecule has 1 aromatic heterocycles. The molecule has 0 N–H and O–H groups in total. The minimum Gasteiger partial charge on any atom is -0.348 e. The van der Waals surface area contributed by atoms with Gasteiger partial charge in [-0.3, -0.25) is 14.6 Å². The number of carbonyl (C=O) groups is 1. The van der Waals surface area contributed by atoms with Crippen LogP contribution in [0.5, 0.6) is 0 Å². The number of hydrogen-bond acceptors (Lipinski definition) is 5. The second-order valence-electron chi connectivity index (χ2n) is 6.17. The van der Waals surface area contributed by atoms with Crippen LogP contribution in [-0.4, -0.2) is 72.4 Å². The third-order valence-electron chi connectivity index (χ3n) is 3.77. The van der Waals surface area contributed by atoms with Gasteiger partial charge >= 0.3 is 0 Å². The molecule has 0 saturated carbocycles. The van der Waals surface area contributed by atoms with Gasteiger partial charge in [-0.1, -0.05) is 13.8 Å². The first-order valence-corrected chi connectivity index (χ1v) is 8.43. The number of nitrogens with zero attached hydrogens (tertiary/aromatic N) is 4. The number of piperazine rings is 1. The molecule has 0 aromatic carbocycles. The second kappa shape index (κ2) is 7.33. The van der Waals surface area contributed by atoms with E-state index in [1.165, 1.54) is 10.7 Å². The standard InChI is InChI=1S/C15H26N4OS/c1-12(2)15-16-13(11-21-15)9-18-5-7-19(8-6-18)10-14(20)17(3)4/h11-12H,5-10H2,1-4H3. The van der Waals surface area contributed by atoms with Gasteiger partial charge in [0.1, 0.15) is 0 Å². The number of rotatable bonds is 5. The molecule has 1 aliphatic heterocycles. The average Bonchev–Trinajstić information content (AvgIpc) is 2.89. The Bertz CT molecular complexity index is 464. The van der Waals surface area contributed by atoms with Crippen LogP contribution >= 0.6 is 11.3 Å². The van der Waals surface area contributed by atoms with Crippen LogP contribution < -0.4 is 0 Å². The normalized spacial score (nSPS) is 17.4. The lowest BCUT2D eigenvalue weighted by Crippen LogP contribution is -2.48. The van der Waals surface area contributed by atoms with E-state index in [0.29, 0.717) is 12.5 Å². The van der Waals surface area contributed by atoms with Gasteiger partial charge in [-0.05, 0) is 0 Å². The van der Waals surface area contributed by atoms with Gasteiger partial charge in [0.2, 0.25) is 5.91 Å². The van der Waals surface area contributed by atoms with Crippen molar-refractivity contribution in [2.24, 2.45) is 0 Å². The molecule has 6 heteroatoms. The highest BCUT2D eigenvalue weighted by Crippen LogP contribution is 2.20. The summed E-state index contributed by atoms with van der Waals surface area (Å²) in [4.78, 5) is 22.7.